The standard InChI is InChI=1S/C27H20ClFN8O2/c28-18-4-7-21(36-13-31-34-35-36)25(26(18)29)16-10-17-3-6-22(37(17)24(39)11-16)27-30-12-20(33-27)15-1-5-19-14(9-15)2-8-23(38)32-19/h1-2,4-5,7-9,11-13,17,22H,3,6,10H2,(H,30,33)(H,32,38)/t17?,22-/m0/s1. The van der Waals surface area contributed by atoms with E-state index in [1.165, 1.54) is 29.2 Å². The van der Waals surface area contributed by atoms with Gasteiger partial charge in [0, 0.05) is 34.8 Å². The Bertz CT molecular complexity index is 1840. The van der Waals surface area contributed by atoms with Crippen molar-refractivity contribution < 1.29 is 9.18 Å². The number of halogens is 2. The molecule has 5 aromatic rings. The van der Waals surface area contributed by atoms with Crippen LogP contribution in [0.15, 0.2) is 65.9 Å². The van der Waals surface area contributed by atoms with Gasteiger partial charge >= 0.3 is 0 Å². The van der Waals surface area contributed by atoms with Gasteiger partial charge < -0.3 is 14.9 Å². The van der Waals surface area contributed by atoms with Crippen LogP contribution >= 0.6 is 11.6 Å². The van der Waals surface area contributed by atoms with E-state index in [-0.39, 0.29) is 34.1 Å². The second kappa shape index (κ2) is 8.98. The molecule has 1 amide bonds. The summed E-state index contributed by atoms with van der Waals surface area (Å²) in [5.41, 5.74) is 3.54. The zero-order valence-electron chi connectivity index (χ0n) is 20.3. The van der Waals surface area contributed by atoms with Crippen LogP contribution in [0.2, 0.25) is 5.02 Å². The smallest absolute Gasteiger partial charge is 0.248 e. The summed E-state index contributed by atoms with van der Waals surface area (Å²) in [6.07, 6.45) is 6.54. The van der Waals surface area contributed by atoms with Crippen molar-refractivity contribution in [2.45, 2.75) is 31.3 Å². The van der Waals surface area contributed by atoms with Crippen molar-refractivity contribution in [3.05, 3.63) is 93.6 Å². The highest BCUT2D eigenvalue weighted by atomic mass is 35.5. The third-order valence-corrected chi connectivity index (χ3v) is 7.74. The van der Waals surface area contributed by atoms with E-state index in [2.05, 4.69) is 30.5 Å². The Balaban J connectivity index is 1.20. The van der Waals surface area contributed by atoms with Crippen molar-refractivity contribution in [1.29, 1.82) is 0 Å². The third kappa shape index (κ3) is 3.93. The highest BCUT2D eigenvalue weighted by molar-refractivity contribution is 6.31. The summed E-state index contributed by atoms with van der Waals surface area (Å²) in [4.78, 5) is 37.7. The Morgan fingerprint density at radius 2 is 1.95 bits per heavy atom. The average Bonchev–Trinajstić information content (AvgIpc) is 3.70. The van der Waals surface area contributed by atoms with E-state index in [1.54, 1.807) is 18.3 Å². The number of nitrogens with one attached hydrogen (secondary N) is 2. The van der Waals surface area contributed by atoms with Gasteiger partial charge in [0.1, 0.15) is 12.2 Å². The first-order chi connectivity index (χ1) is 19.0. The summed E-state index contributed by atoms with van der Waals surface area (Å²) in [5.74, 6) is -0.122. The van der Waals surface area contributed by atoms with E-state index in [0.717, 1.165) is 35.0 Å². The van der Waals surface area contributed by atoms with Gasteiger partial charge in [-0.15, -0.1) is 5.10 Å². The number of benzene rings is 2. The molecule has 2 aromatic carbocycles. The van der Waals surface area contributed by atoms with Crippen molar-refractivity contribution in [2.24, 2.45) is 0 Å². The first kappa shape index (κ1) is 23.5. The summed E-state index contributed by atoms with van der Waals surface area (Å²) in [6.45, 7) is 0. The van der Waals surface area contributed by atoms with Crippen LogP contribution in [0.3, 0.4) is 0 Å². The minimum Gasteiger partial charge on any atom is -0.340 e. The van der Waals surface area contributed by atoms with Crippen LogP contribution in [0.1, 0.15) is 36.7 Å². The summed E-state index contributed by atoms with van der Waals surface area (Å²) >= 11 is 6.12. The molecule has 3 aromatic heterocycles. The average molecular weight is 543 g/mol. The molecule has 1 saturated heterocycles. The molecule has 0 bridgehead atoms. The van der Waals surface area contributed by atoms with E-state index in [4.69, 9.17) is 11.6 Å². The lowest BCUT2D eigenvalue weighted by molar-refractivity contribution is -0.129. The molecule has 2 aliphatic rings. The molecule has 2 atom stereocenters. The van der Waals surface area contributed by atoms with Crippen LogP contribution in [-0.2, 0) is 4.79 Å². The lowest BCUT2D eigenvalue weighted by Crippen LogP contribution is -2.39. The second-order valence-corrected chi connectivity index (χ2v) is 10.1. The predicted molar refractivity (Wildman–Crippen MR) is 141 cm³/mol. The molecule has 2 N–H and O–H groups in total. The molecule has 7 rings (SSSR count). The molecule has 0 spiro atoms. The summed E-state index contributed by atoms with van der Waals surface area (Å²) < 4.78 is 16.7. The number of H-pyrrole nitrogens is 2. The van der Waals surface area contributed by atoms with E-state index in [0.29, 0.717) is 23.5 Å². The Morgan fingerprint density at radius 3 is 2.79 bits per heavy atom. The van der Waals surface area contributed by atoms with Gasteiger partial charge in [0.2, 0.25) is 11.5 Å². The SMILES string of the molecule is O=C1C=C(c2c(-n3cnnn3)ccc(Cl)c2F)CC2CC[C@@H](c3ncc(-c4ccc5[nH]c(=O)ccc5c4)[nH]3)N12. The normalized spacial score (nSPS) is 19.0. The fourth-order valence-electron chi connectivity index (χ4n) is 5.68. The van der Waals surface area contributed by atoms with Crippen LogP contribution in [0, 0.1) is 5.82 Å². The Morgan fingerprint density at radius 1 is 1.05 bits per heavy atom. The molecule has 0 radical (unpaired) electrons. The van der Waals surface area contributed by atoms with Crippen molar-refractivity contribution in [3.63, 3.8) is 0 Å². The number of carbonyl (C=O) groups is 1. The highest BCUT2D eigenvalue weighted by Gasteiger charge is 2.42. The van der Waals surface area contributed by atoms with E-state index < -0.39 is 5.82 Å². The molecule has 2 aliphatic heterocycles. The zero-order chi connectivity index (χ0) is 26.7. The number of rotatable bonds is 4. The molecule has 39 heavy (non-hydrogen) atoms. The summed E-state index contributed by atoms with van der Waals surface area (Å²) in [5, 5.41) is 12.1. The Hall–Kier alpha value is -4.64. The maximum absolute atomic E-state index is 15.3. The summed E-state index contributed by atoms with van der Waals surface area (Å²) in [6, 6.07) is 11.8. The van der Waals surface area contributed by atoms with Gasteiger partial charge in [-0.25, -0.2) is 9.37 Å². The lowest BCUT2D eigenvalue weighted by Gasteiger charge is -2.33. The largest absolute Gasteiger partial charge is 0.340 e. The number of imidazole rings is 1. The molecule has 1 fully saturated rings. The zero-order valence-corrected chi connectivity index (χ0v) is 21.1. The Labute approximate surface area is 225 Å². The van der Waals surface area contributed by atoms with Gasteiger partial charge in [-0.3, -0.25) is 9.59 Å². The quantitative estimate of drug-likeness (QED) is 0.350. The maximum atomic E-state index is 15.3. The fraction of sp³-hybridized carbons (Fsp3) is 0.185. The summed E-state index contributed by atoms with van der Waals surface area (Å²) in [7, 11) is 0. The van der Waals surface area contributed by atoms with Crippen molar-refractivity contribution >= 4 is 34.0 Å². The van der Waals surface area contributed by atoms with Gasteiger partial charge in [0.15, 0.2) is 5.82 Å². The Kier molecular flexibility index (Phi) is 5.41. The topological polar surface area (TPSA) is 125 Å². The van der Waals surface area contributed by atoms with Crippen molar-refractivity contribution in [3.8, 4) is 16.9 Å². The molecule has 0 aliphatic carbocycles. The number of pyridine rings is 1. The van der Waals surface area contributed by atoms with Gasteiger partial charge in [-0.1, -0.05) is 17.7 Å². The second-order valence-electron chi connectivity index (χ2n) is 9.68. The number of hydrogen-bond donors (Lipinski definition) is 2. The number of carbonyl (C=O) groups excluding carboxylic acids is 1. The molecule has 0 saturated carbocycles. The van der Waals surface area contributed by atoms with Crippen LogP contribution in [-0.4, -0.2) is 52.0 Å². The molecular weight excluding hydrogens is 523 g/mol. The fourth-order valence-corrected chi connectivity index (χ4v) is 5.84. The van der Waals surface area contributed by atoms with Crippen molar-refractivity contribution in [2.75, 3.05) is 0 Å². The van der Waals surface area contributed by atoms with Crippen LogP contribution in [0.4, 0.5) is 4.39 Å². The molecule has 194 valence electrons. The third-order valence-electron chi connectivity index (χ3n) is 7.45. The number of amides is 1. The van der Waals surface area contributed by atoms with Crippen LogP contribution in [0.25, 0.3) is 33.4 Å². The van der Waals surface area contributed by atoms with Crippen LogP contribution in [0.5, 0.6) is 0 Å². The first-order valence-corrected chi connectivity index (χ1v) is 12.8. The minimum atomic E-state index is -0.609. The monoisotopic (exact) mass is 542 g/mol. The highest BCUT2D eigenvalue weighted by Crippen LogP contribution is 2.44. The van der Waals surface area contributed by atoms with Gasteiger partial charge in [-0.05, 0) is 71.0 Å². The molecule has 1 unspecified atom stereocenters. The van der Waals surface area contributed by atoms with Crippen LogP contribution < -0.4 is 5.56 Å². The molecule has 5 heterocycles. The lowest BCUT2D eigenvalue weighted by atomic mass is 9.92. The van der Waals surface area contributed by atoms with Gasteiger partial charge in [-0.2, -0.15) is 4.68 Å². The van der Waals surface area contributed by atoms with E-state index in [9.17, 15) is 9.59 Å². The van der Waals surface area contributed by atoms with E-state index >= 15 is 4.39 Å². The molecular formula is C27H20ClFN8O2. The number of hydrogen-bond acceptors (Lipinski definition) is 6. The molecule has 10 nitrogen and oxygen atoms in total. The number of aromatic amines is 2. The predicted octanol–water partition coefficient (Wildman–Crippen LogP) is 4.21. The number of tetrazole rings is 1. The molecule has 12 heteroatoms. The van der Waals surface area contributed by atoms with E-state index in [1.807, 2.05) is 23.1 Å². The van der Waals surface area contributed by atoms with Gasteiger partial charge in [0.05, 0.1) is 28.6 Å². The minimum absolute atomic E-state index is 0.0370. The first-order valence-electron chi connectivity index (χ1n) is 12.4. The number of nitrogens with zero attached hydrogens (tertiary/aromatic N) is 6. The van der Waals surface area contributed by atoms with Gasteiger partial charge in [0.25, 0.3) is 0 Å². The van der Waals surface area contributed by atoms with Crippen molar-refractivity contribution in [1.82, 2.24) is 40.1 Å². The number of aromatic nitrogens is 7. The maximum Gasteiger partial charge on any atom is 0.248 e. The number of fused-ring (bicyclic) bond motifs is 2.